The Hall–Kier alpha value is -2.84. The van der Waals surface area contributed by atoms with Crippen molar-refractivity contribution in [1.82, 2.24) is 4.72 Å². The number of hydrogen-bond acceptors (Lipinski definition) is 5. The Bertz CT molecular complexity index is 984. The van der Waals surface area contributed by atoms with Crippen molar-refractivity contribution in [2.24, 2.45) is 0 Å². The van der Waals surface area contributed by atoms with E-state index in [1.54, 1.807) is 37.3 Å². The quantitative estimate of drug-likeness (QED) is 0.694. The summed E-state index contributed by atoms with van der Waals surface area (Å²) in [6, 6.07) is 11.3. The molecule has 2 N–H and O–H groups in total. The minimum Gasteiger partial charge on any atom is -0.454 e. The summed E-state index contributed by atoms with van der Waals surface area (Å²) in [7, 11) is -3.57. The lowest BCUT2D eigenvalue weighted by molar-refractivity contribution is -0.111. The molecule has 0 saturated carbocycles. The van der Waals surface area contributed by atoms with E-state index in [9.17, 15) is 13.2 Å². The van der Waals surface area contributed by atoms with Gasteiger partial charge < -0.3 is 14.8 Å². The highest BCUT2D eigenvalue weighted by molar-refractivity contribution is 7.89. The molecule has 1 amide bonds. The molecule has 0 aromatic heterocycles. The second-order valence-electron chi connectivity index (χ2n) is 6.39. The van der Waals surface area contributed by atoms with Crippen molar-refractivity contribution in [2.75, 3.05) is 12.1 Å². The summed E-state index contributed by atoms with van der Waals surface area (Å²) in [5.41, 5.74) is 1.31. The van der Waals surface area contributed by atoms with Crippen molar-refractivity contribution in [2.45, 2.75) is 31.2 Å². The summed E-state index contributed by atoms with van der Waals surface area (Å²) in [5.74, 6) is 0.996. The second kappa shape index (κ2) is 8.45. The maximum Gasteiger partial charge on any atom is 0.248 e. The van der Waals surface area contributed by atoms with Gasteiger partial charge in [0.1, 0.15) is 0 Å². The molecule has 1 heterocycles. The number of carbonyl (C=O) groups excluding carboxylic acids is 1. The van der Waals surface area contributed by atoms with Crippen LogP contribution < -0.4 is 19.5 Å². The molecule has 2 aromatic carbocycles. The number of nitrogens with one attached hydrogen (secondary N) is 2. The Morgan fingerprint density at radius 1 is 1.14 bits per heavy atom. The topological polar surface area (TPSA) is 93.7 Å². The van der Waals surface area contributed by atoms with Gasteiger partial charge in [0, 0.05) is 17.8 Å². The van der Waals surface area contributed by atoms with Crippen molar-refractivity contribution in [3.63, 3.8) is 0 Å². The number of ether oxygens (including phenoxy) is 2. The molecule has 0 spiro atoms. The van der Waals surface area contributed by atoms with Crippen LogP contribution in [0.3, 0.4) is 0 Å². The van der Waals surface area contributed by atoms with Crippen LogP contribution in [0.1, 0.15) is 25.8 Å². The molecule has 3 rings (SSSR count). The van der Waals surface area contributed by atoms with Gasteiger partial charge in [-0.1, -0.05) is 13.0 Å². The maximum atomic E-state index is 12.2. The normalized spacial score (nSPS) is 14.2. The lowest BCUT2D eigenvalue weighted by Crippen LogP contribution is -2.31. The Morgan fingerprint density at radius 3 is 2.57 bits per heavy atom. The van der Waals surface area contributed by atoms with Crippen molar-refractivity contribution in [3.05, 3.63) is 54.1 Å². The predicted molar refractivity (Wildman–Crippen MR) is 107 cm³/mol. The van der Waals surface area contributed by atoms with Gasteiger partial charge in [-0.15, -0.1) is 0 Å². The fourth-order valence-electron chi connectivity index (χ4n) is 2.51. The lowest BCUT2D eigenvalue weighted by Gasteiger charge is -2.12. The van der Waals surface area contributed by atoms with E-state index in [1.807, 2.05) is 13.0 Å². The Balaban J connectivity index is 1.61. The van der Waals surface area contributed by atoms with Crippen LogP contribution in [-0.2, 0) is 14.8 Å². The van der Waals surface area contributed by atoms with E-state index in [1.165, 1.54) is 18.2 Å². The molecule has 0 radical (unpaired) electrons. The molecule has 7 nitrogen and oxygen atoms in total. The first-order valence-electron chi connectivity index (χ1n) is 8.88. The Kier molecular flexibility index (Phi) is 6.01. The summed E-state index contributed by atoms with van der Waals surface area (Å²) in [6.07, 6.45) is 3.75. The molecule has 2 aromatic rings. The van der Waals surface area contributed by atoms with Crippen molar-refractivity contribution < 1.29 is 22.7 Å². The molecule has 28 heavy (non-hydrogen) atoms. The first-order valence-corrected chi connectivity index (χ1v) is 10.4. The highest BCUT2D eigenvalue weighted by atomic mass is 32.2. The van der Waals surface area contributed by atoms with E-state index in [4.69, 9.17) is 9.47 Å². The van der Waals surface area contributed by atoms with E-state index in [0.29, 0.717) is 23.6 Å². The monoisotopic (exact) mass is 402 g/mol. The van der Waals surface area contributed by atoms with Gasteiger partial charge >= 0.3 is 0 Å². The first-order chi connectivity index (χ1) is 13.4. The highest BCUT2D eigenvalue weighted by Crippen LogP contribution is 2.32. The molecule has 0 aliphatic carbocycles. The molecular formula is C20H22N2O5S. The SMILES string of the molecule is CC[C@@H](C)NS(=O)(=O)c1ccc(NC(=O)/C=C/c2ccc3c(c2)OCO3)cc1. The molecule has 0 bridgehead atoms. The summed E-state index contributed by atoms with van der Waals surface area (Å²) >= 11 is 0. The van der Waals surface area contributed by atoms with Crippen LogP contribution in [-0.4, -0.2) is 27.2 Å². The zero-order chi connectivity index (χ0) is 20.1. The molecule has 1 aliphatic heterocycles. The summed E-state index contributed by atoms with van der Waals surface area (Å²) in [6.45, 7) is 3.91. The fraction of sp³-hybridized carbons (Fsp3) is 0.250. The summed E-state index contributed by atoms with van der Waals surface area (Å²) in [5, 5.41) is 2.70. The van der Waals surface area contributed by atoms with Crippen LogP contribution in [0.25, 0.3) is 6.08 Å². The molecule has 0 unspecified atom stereocenters. The number of rotatable bonds is 7. The molecule has 1 aliphatic rings. The van der Waals surface area contributed by atoms with Gasteiger partial charge in [-0.05, 0) is 61.4 Å². The number of hydrogen-bond donors (Lipinski definition) is 2. The molecule has 8 heteroatoms. The van der Waals surface area contributed by atoms with Gasteiger partial charge in [-0.25, -0.2) is 13.1 Å². The zero-order valence-corrected chi connectivity index (χ0v) is 16.5. The summed E-state index contributed by atoms with van der Waals surface area (Å²) < 4.78 is 37.6. The number of anilines is 1. The highest BCUT2D eigenvalue weighted by Gasteiger charge is 2.16. The van der Waals surface area contributed by atoms with Crippen LogP contribution in [0.15, 0.2) is 53.4 Å². The van der Waals surface area contributed by atoms with Crippen LogP contribution in [0, 0.1) is 0 Å². The smallest absolute Gasteiger partial charge is 0.248 e. The third-order valence-corrected chi connectivity index (χ3v) is 5.83. The first kappa shape index (κ1) is 19.9. The van der Waals surface area contributed by atoms with E-state index in [0.717, 1.165) is 5.56 Å². The maximum absolute atomic E-state index is 12.2. The lowest BCUT2D eigenvalue weighted by atomic mass is 10.2. The number of sulfonamides is 1. The molecule has 1 atom stereocenters. The standard InChI is InChI=1S/C20H22N2O5S/c1-3-14(2)22-28(24,25)17-8-6-16(7-9-17)21-20(23)11-5-15-4-10-18-19(12-15)27-13-26-18/h4-12,14,22H,3,13H2,1-2H3,(H,21,23)/b11-5+/t14-/m1/s1. The van der Waals surface area contributed by atoms with Gasteiger partial charge in [0.2, 0.25) is 22.7 Å². The average Bonchev–Trinajstić information content (AvgIpc) is 3.14. The minimum absolute atomic E-state index is 0.148. The fourth-order valence-corrected chi connectivity index (χ4v) is 3.83. The third kappa shape index (κ3) is 4.90. The minimum atomic E-state index is -3.57. The predicted octanol–water partition coefficient (Wildman–Crippen LogP) is 3.14. The number of benzene rings is 2. The van der Waals surface area contributed by atoms with E-state index < -0.39 is 10.0 Å². The van der Waals surface area contributed by atoms with Crippen LogP contribution >= 0.6 is 0 Å². The van der Waals surface area contributed by atoms with Crippen LogP contribution in [0.5, 0.6) is 11.5 Å². The van der Waals surface area contributed by atoms with E-state index in [2.05, 4.69) is 10.0 Å². The van der Waals surface area contributed by atoms with Crippen LogP contribution in [0.2, 0.25) is 0 Å². The van der Waals surface area contributed by atoms with Gasteiger partial charge in [0.05, 0.1) is 4.90 Å². The number of carbonyl (C=O) groups is 1. The second-order valence-corrected chi connectivity index (χ2v) is 8.10. The van der Waals surface area contributed by atoms with Crippen molar-refractivity contribution >= 4 is 27.7 Å². The molecule has 148 valence electrons. The molecule has 0 saturated heterocycles. The van der Waals surface area contributed by atoms with Crippen LogP contribution in [0.4, 0.5) is 5.69 Å². The van der Waals surface area contributed by atoms with Gasteiger partial charge in [0.25, 0.3) is 0 Å². The number of amides is 1. The Labute approximate surface area is 164 Å². The zero-order valence-electron chi connectivity index (χ0n) is 15.6. The van der Waals surface area contributed by atoms with E-state index in [-0.39, 0.29) is 23.6 Å². The third-order valence-electron chi connectivity index (χ3n) is 4.22. The van der Waals surface area contributed by atoms with Gasteiger partial charge in [0.15, 0.2) is 11.5 Å². The average molecular weight is 402 g/mol. The van der Waals surface area contributed by atoms with Gasteiger partial charge in [-0.2, -0.15) is 0 Å². The Morgan fingerprint density at radius 2 is 1.86 bits per heavy atom. The molecule has 0 fully saturated rings. The largest absolute Gasteiger partial charge is 0.454 e. The van der Waals surface area contributed by atoms with Crippen molar-refractivity contribution in [1.29, 1.82) is 0 Å². The van der Waals surface area contributed by atoms with Gasteiger partial charge in [-0.3, -0.25) is 4.79 Å². The number of fused-ring (bicyclic) bond motifs is 1. The molecular weight excluding hydrogens is 380 g/mol. The van der Waals surface area contributed by atoms with E-state index >= 15 is 0 Å². The van der Waals surface area contributed by atoms with Crippen molar-refractivity contribution in [3.8, 4) is 11.5 Å². The summed E-state index contributed by atoms with van der Waals surface area (Å²) in [4.78, 5) is 12.3.